The van der Waals surface area contributed by atoms with Crippen molar-refractivity contribution < 1.29 is 4.79 Å². The van der Waals surface area contributed by atoms with Gasteiger partial charge in [-0.2, -0.15) is 0 Å². The van der Waals surface area contributed by atoms with Crippen molar-refractivity contribution in [2.45, 2.75) is 6.42 Å². The number of pyridine rings is 1. The van der Waals surface area contributed by atoms with Gasteiger partial charge in [-0.1, -0.05) is 33.6 Å². The lowest BCUT2D eigenvalue weighted by atomic mass is 10.0. The second kappa shape index (κ2) is 5.43. The third-order valence-electron chi connectivity index (χ3n) is 2.35. The Balaban J connectivity index is 2.19. The molecular formula is C13H9BrClNO. The molecule has 0 N–H and O–H groups in total. The largest absolute Gasteiger partial charge is 0.294 e. The van der Waals surface area contributed by atoms with E-state index in [0.29, 0.717) is 10.6 Å². The zero-order valence-corrected chi connectivity index (χ0v) is 11.2. The maximum atomic E-state index is 11.9. The Bertz CT molecular complexity index is 542. The summed E-state index contributed by atoms with van der Waals surface area (Å²) in [5.41, 5.74) is 1.43. The second-order valence-electron chi connectivity index (χ2n) is 3.58. The number of carbonyl (C=O) groups excluding carboxylic acids is 1. The maximum Gasteiger partial charge on any atom is 0.168 e. The summed E-state index contributed by atoms with van der Waals surface area (Å²) in [6, 6.07) is 9.00. The van der Waals surface area contributed by atoms with E-state index in [-0.39, 0.29) is 12.2 Å². The summed E-state index contributed by atoms with van der Waals surface area (Å²) < 4.78 is 0.903. The zero-order valence-electron chi connectivity index (χ0n) is 8.86. The molecule has 4 heteroatoms. The van der Waals surface area contributed by atoms with Crippen LogP contribution in [0.3, 0.4) is 0 Å². The molecule has 86 valence electrons. The molecule has 0 saturated heterocycles. The molecule has 0 saturated carbocycles. The first-order valence-electron chi connectivity index (χ1n) is 5.04. The van der Waals surface area contributed by atoms with Gasteiger partial charge in [0.2, 0.25) is 0 Å². The van der Waals surface area contributed by atoms with Crippen LogP contribution in [0, 0.1) is 0 Å². The Morgan fingerprint density at radius 2 is 2.18 bits per heavy atom. The van der Waals surface area contributed by atoms with Crippen LogP contribution in [0.15, 0.2) is 47.2 Å². The van der Waals surface area contributed by atoms with Crippen LogP contribution in [0.4, 0.5) is 0 Å². The minimum Gasteiger partial charge on any atom is -0.294 e. The van der Waals surface area contributed by atoms with Gasteiger partial charge in [0.15, 0.2) is 5.78 Å². The van der Waals surface area contributed by atoms with E-state index in [0.717, 1.165) is 10.0 Å². The minimum atomic E-state index is 0.0160. The van der Waals surface area contributed by atoms with Crippen LogP contribution in [0.25, 0.3) is 0 Å². The quantitative estimate of drug-likeness (QED) is 0.804. The number of halogens is 2. The number of benzene rings is 1. The summed E-state index contributed by atoms with van der Waals surface area (Å²) in [4.78, 5) is 15.9. The molecule has 0 aliphatic carbocycles. The average molecular weight is 311 g/mol. The van der Waals surface area contributed by atoms with Crippen molar-refractivity contribution in [1.29, 1.82) is 0 Å². The van der Waals surface area contributed by atoms with E-state index in [1.807, 2.05) is 12.1 Å². The molecular weight excluding hydrogens is 302 g/mol. The van der Waals surface area contributed by atoms with E-state index in [1.54, 1.807) is 30.6 Å². The average Bonchev–Trinajstić information content (AvgIpc) is 2.34. The fraction of sp³-hybridized carbons (Fsp3) is 0.0769. The minimum absolute atomic E-state index is 0.0160. The highest BCUT2D eigenvalue weighted by Crippen LogP contribution is 2.22. The van der Waals surface area contributed by atoms with Gasteiger partial charge in [-0.3, -0.25) is 9.78 Å². The molecule has 0 amide bonds. The third-order valence-corrected chi connectivity index (χ3v) is 3.19. The lowest BCUT2D eigenvalue weighted by molar-refractivity contribution is 0.0992. The summed E-state index contributed by atoms with van der Waals surface area (Å²) in [5.74, 6) is 0.0160. The number of hydrogen-bond acceptors (Lipinski definition) is 2. The molecule has 0 atom stereocenters. The predicted molar refractivity (Wildman–Crippen MR) is 71.4 cm³/mol. The van der Waals surface area contributed by atoms with Crippen molar-refractivity contribution >= 4 is 33.3 Å². The summed E-state index contributed by atoms with van der Waals surface area (Å²) >= 11 is 9.39. The standard InChI is InChI=1S/C13H9BrClNO/c14-11-4-3-9(12(15)7-11)6-13(17)10-2-1-5-16-8-10/h1-5,7-8H,6H2. The Morgan fingerprint density at radius 3 is 2.82 bits per heavy atom. The Morgan fingerprint density at radius 1 is 1.35 bits per heavy atom. The first-order chi connectivity index (χ1) is 8.16. The molecule has 0 spiro atoms. The van der Waals surface area contributed by atoms with Crippen LogP contribution in [-0.4, -0.2) is 10.8 Å². The number of carbonyl (C=O) groups is 1. The highest BCUT2D eigenvalue weighted by atomic mass is 79.9. The molecule has 2 nitrogen and oxygen atoms in total. The van der Waals surface area contributed by atoms with Gasteiger partial charge >= 0.3 is 0 Å². The Labute approximate surface area is 113 Å². The molecule has 0 aliphatic heterocycles. The van der Waals surface area contributed by atoms with Crippen LogP contribution in [0.5, 0.6) is 0 Å². The second-order valence-corrected chi connectivity index (χ2v) is 4.90. The van der Waals surface area contributed by atoms with Gasteiger partial charge < -0.3 is 0 Å². The van der Waals surface area contributed by atoms with E-state index < -0.39 is 0 Å². The summed E-state index contributed by atoms with van der Waals surface area (Å²) in [6.07, 6.45) is 3.50. The van der Waals surface area contributed by atoms with Crippen molar-refractivity contribution in [1.82, 2.24) is 4.98 Å². The van der Waals surface area contributed by atoms with E-state index in [9.17, 15) is 4.79 Å². The normalized spacial score (nSPS) is 10.2. The SMILES string of the molecule is O=C(Cc1ccc(Br)cc1Cl)c1cccnc1. The van der Waals surface area contributed by atoms with Crippen LogP contribution >= 0.6 is 27.5 Å². The monoisotopic (exact) mass is 309 g/mol. The lowest BCUT2D eigenvalue weighted by Gasteiger charge is -2.04. The third kappa shape index (κ3) is 3.14. The lowest BCUT2D eigenvalue weighted by Crippen LogP contribution is -2.04. The van der Waals surface area contributed by atoms with E-state index in [1.165, 1.54) is 0 Å². The first-order valence-corrected chi connectivity index (χ1v) is 6.21. The van der Waals surface area contributed by atoms with E-state index in [2.05, 4.69) is 20.9 Å². The molecule has 0 radical (unpaired) electrons. The van der Waals surface area contributed by atoms with Crippen molar-refractivity contribution in [3.8, 4) is 0 Å². The van der Waals surface area contributed by atoms with Gasteiger partial charge in [0.1, 0.15) is 0 Å². The maximum absolute atomic E-state index is 11.9. The smallest absolute Gasteiger partial charge is 0.168 e. The molecule has 0 fully saturated rings. The van der Waals surface area contributed by atoms with E-state index in [4.69, 9.17) is 11.6 Å². The molecule has 17 heavy (non-hydrogen) atoms. The fourth-order valence-corrected chi connectivity index (χ4v) is 2.21. The number of ketones is 1. The van der Waals surface area contributed by atoms with Gasteiger partial charge in [-0.15, -0.1) is 0 Å². The molecule has 2 aromatic rings. The number of nitrogens with zero attached hydrogens (tertiary/aromatic N) is 1. The van der Waals surface area contributed by atoms with Gasteiger partial charge in [0.05, 0.1) is 0 Å². The molecule has 1 aromatic heterocycles. The van der Waals surface area contributed by atoms with Crippen molar-refractivity contribution in [3.63, 3.8) is 0 Å². The summed E-state index contributed by atoms with van der Waals surface area (Å²) in [7, 11) is 0. The molecule has 0 bridgehead atoms. The van der Waals surface area contributed by atoms with Crippen molar-refractivity contribution in [2.24, 2.45) is 0 Å². The number of Topliss-reactive ketones (excluding diaryl/α,β-unsaturated/α-hetero) is 1. The Kier molecular flexibility index (Phi) is 3.92. The fourth-order valence-electron chi connectivity index (χ4n) is 1.47. The van der Waals surface area contributed by atoms with Crippen molar-refractivity contribution in [2.75, 3.05) is 0 Å². The molecule has 1 aromatic carbocycles. The zero-order chi connectivity index (χ0) is 12.3. The van der Waals surface area contributed by atoms with Gasteiger partial charge in [-0.05, 0) is 29.8 Å². The Hall–Kier alpha value is -1.19. The van der Waals surface area contributed by atoms with Crippen LogP contribution in [0.1, 0.15) is 15.9 Å². The van der Waals surface area contributed by atoms with Crippen LogP contribution < -0.4 is 0 Å². The number of rotatable bonds is 3. The summed E-state index contributed by atoms with van der Waals surface area (Å²) in [5, 5.41) is 0.594. The number of aromatic nitrogens is 1. The predicted octanol–water partition coefficient (Wildman–Crippen LogP) is 3.92. The van der Waals surface area contributed by atoms with Gasteiger partial charge in [0, 0.05) is 33.9 Å². The van der Waals surface area contributed by atoms with Gasteiger partial charge in [0.25, 0.3) is 0 Å². The molecule has 2 rings (SSSR count). The summed E-state index contributed by atoms with van der Waals surface area (Å²) in [6.45, 7) is 0. The van der Waals surface area contributed by atoms with Gasteiger partial charge in [-0.25, -0.2) is 0 Å². The topological polar surface area (TPSA) is 30.0 Å². The number of hydrogen-bond donors (Lipinski definition) is 0. The molecule has 0 unspecified atom stereocenters. The van der Waals surface area contributed by atoms with Crippen LogP contribution in [-0.2, 0) is 6.42 Å². The van der Waals surface area contributed by atoms with Crippen LogP contribution in [0.2, 0.25) is 5.02 Å². The first kappa shape index (κ1) is 12.3. The molecule has 1 heterocycles. The van der Waals surface area contributed by atoms with Crippen molar-refractivity contribution in [3.05, 3.63) is 63.3 Å². The molecule has 0 aliphatic rings. The highest BCUT2D eigenvalue weighted by molar-refractivity contribution is 9.10. The van der Waals surface area contributed by atoms with E-state index >= 15 is 0 Å². The highest BCUT2D eigenvalue weighted by Gasteiger charge is 2.09.